The van der Waals surface area contributed by atoms with E-state index in [4.69, 9.17) is 5.79 Å². The highest BCUT2D eigenvalue weighted by Crippen LogP contribution is 2.35. The van der Waals surface area contributed by atoms with Gasteiger partial charge in [-0.25, -0.2) is 4.98 Å². The largest absolute Gasteiger partial charge is 0.437 e. The summed E-state index contributed by atoms with van der Waals surface area (Å²) in [5, 5.41) is 1.99. The van der Waals surface area contributed by atoms with Crippen molar-refractivity contribution >= 4 is 22.1 Å². The van der Waals surface area contributed by atoms with Gasteiger partial charge in [-0.2, -0.15) is 0 Å². The molecule has 120 valence electrons. The summed E-state index contributed by atoms with van der Waals surface area (Å²) < 4.78 is 14.3. The van der Waals surface area contributed by atoms with E-state index in [1.54, 1.807) is 0 Å². The van der Waals surface area contributed by atoms with Gasteiger partial charge in [0.05, 0.1) is 5.69 Å². The van der Waals surface area contributed by atoms with E-state index in [0.717, 1.165) is 34.0 Å². The Balaban J connectivity index is 1.97. The molecule has 3 heteroatoms. The fourth-order valence-electron chi connectivity index (χ4n) is 3.00. The second kappa shape index (κ2) is 5.75. The molecule has 1 aromatic carbocycles. The maximum Gasteiger partial charge on any atom is 0.227 e. The van der Waals surface area contributed by atoms with Crippen LogP contribution in [0.4, 0.5) is 0 Å². The number of aryl methyl sites for hydroxylation is 1. The van der Waals surface area contributed by atoms with Gasteiger partial charge in [-0.05, 0) is 48.2 Å². The monoisotopic (exact) mass is 317 g/mol. The van der Waals surface area contributed by atoms with Gasteiger partial charge in [-0.15, -0.1) is 0 Å². The molecule has 0 aliphatic carbocycles. The smallest absolute Gasteiger partial charge is 0.227 e. The van der Waals surface area contributed by atoms with Crippen molar-refractivity contribution in [1.29, 1.82) is 0 Å². The van der Waals surface area contributed by atoms with Crippen molar-refractivity contribution in [1.82, 2.24) is 9.97 Å². The average molecular weight is 317 g/mol. The lowest BCUT2D eigenvalue weighted by Crippen LogP contribution is -1.90. The SMILES string of the molecule is [2H]C(C)(C)c1ccc2c(n1)oc1c(-c3cc(CC)ccn3)cccc12. The number of rotatable bonds is 3. The number of furan rings is 1. The Labute approximate surface area is 142 Å². The zero-order valence-corrected chi connectivity index (χ0v) is 14.1. The summed E-state index contributed by atoms with van der Waals surface area (Å²) in [7, 11) is 0. The fraction of sp³-hybridized carbons (Fsp3) is 0.238. The molecule has 0 spiro atoms. The molecule has 0 bridgehead atoms. The van der Waals surface area contributed by atoms with E-state index >= 15 is 0 Å². The van der Waals surface area contributed by atoms with Gasteiger partial charge in [0.15, 0.2) is 0 Å². The molecule has 0 aliphatic rings. The number of para-hydroxylation sites is 1. The van der Waals surface area contributed by atoms with Crippen LogP contribution in [0.15, 0.2) is 53.1 Å². The van der Waals surface area contributed by atoms with Crippen LogP contribution in [0.5, 0.6) is 0 Å². The van der Waals surface area contributed by atoms with E-state index in [-0.39, 0.29) is 0 Å². The highest BCUT2D eigenvalue weighted by atomic mass is 16.3. The summed E-state index contributed by atoms with van der Waals surface area (Å²) in [6.45, 7) is 5.79. The standard InChI is InChI=1S/C21H20N2O/c1-4-14-10-11-22-19(12-14)17-7-5-6-15-16-8-9-18(13(2)3)23-21(16)24-20(15)17/h5-13H,4H2,1-3H3/i13D. The van der Waals surface area contributed by atoms with E-state index in [1.165, 1.54) is 5.56 Å². The van der Waals surface area contributed by atoms with Crippen molar-refractivity contribution in [2.45, 2.75) is 33.1 Å². The van der Waals surface area contributed by atoms with Crippen molar-refractivity contribution in [2.75, 3.05) is 0 Å². The van der Waals surface area contributed by atoms with Gasteiger partial charge in [0.2, 0.25) is 5.71 Å². The van der Waals surface area contributed by atoms with E-state index < -0.39 is 5.89 Å². The minimum absolute atomic E-state index is 0.576. The van der Waals surface area contributed by atoms with Gasteiger partial charge in [0.1, 0.15) is 5.58 Å². The van der Waals surface area contributed by atoms with Gasteiger partial charge in [0.25, 0.3) is 0 Å². The number of aromatic nitrogens is 2. The summed E-state index contributed by atoms with van der Waals surface area (Å²) in [5.41, 5.74) is 5.20. The van der Waals surface area contributed by atoms with Crippen LogP contribution in [-0.2, 0) is 6.42 Å². The summed E-state index contributed by atoms with van der Waals surface area (Å²) in [6.07, 6.45) is 2.81. The highest BCUT2D eigenvalue weighted by Gasteiger charge is 2.14. The topological polar surface area (TPSA) is 38.9 Å². The van der Waals surface area contributed by atoms with E-state index in [9.17, 15) is 0 Å². The van der Waals surface area contributed by atoms with Crippen molar-refractivity contribution in [2.24, 2.45) is 0 Å². The van der Waals surface area contributed by atoms with Gasteiger partial charge in [0, 0.05) is 29.6 Å². The molecule has 24 heavy (non-hydrogen) atoms. The first-order chi connectivity index (χ1) is 12.0. The first-order valence-corrected chi connectivity index (χ1v) is 8.25. The first kappa shape index (κ1) is 13.7. The minimum atomic E-state index is -0.757. The Kier molecular flexibility index (Phi) is 3.29. The molecule has 0 amide bonds. The number of hydrogen-bond donors (Lipinski definition) is 0. The number of nitrogens with zero attached hydrogens (tertiary/aromatic N) is 2. The molecule has 4 aromatic rings. The quantitative estimate of drug-likeness (QED) is 0.484. The first-order valence-electron chi connectivity index (χ1n) is 8.75. The lowest BCUT2D eigenvalue weighted by atomic mass is 10.0. The molecule has 0 atom stereocenters. The summed E-state index contributed by atoms with van der Waals surface area (Å²) >= 11 is 0. The Hall–Kier alpha value is -2.68. The Bertz CT molecular complexity index is 1080. The second-order valence-electron chi connectivity index (χ2n) is 6.24. The molecule has 0 saturated carbocycles. The summed E-state index contributed by atoms with van der Waals surface area (Å²) in [4.78, 5) is 9.10. The lowest BCUT2D eigenvalue weighted by molar-refractivity contribution is 0.648. The number of hydrogen-bond acceptors (Lipinski definition) is 3. The second-order valence-corrected chi connectivity index (χ2v) is 6.24. The molecule has 0 saturated heterocycles. The van der Waals surface area contributed by atoms with Crippen LogP contribution < -0.4 is 0 Å². The minimum Gasteiger partial charge on any atom is -0.437 e. The van der Waals surface area contributed by atoms with E-state index in [2.05, 4.69) is 23.0 Å². The predicted molar refractivity (Wildman–Crippen MR) is 98.2 cm³/mol. The Morgan fingerprint density at radius 2 is 2.00 bits per heavy atom. The zero-order valence-electron chi connectivity index (χ0n) is 15.1. The average Bonchev–Trinajstić information content (AvgIpc) is 2.99. The van der Waals surface area contributed by atoms with E-state index in [0.29, 0.717) is 11.4 Å². The molecule has 0 aliphatic heterocycles. The molecule has 3 heterocycles. The summed E-state index contributed by atoms with van der Waals surface area (Å²) in [6, 6.07) is 14.1. The van der Waals surface area contributed by atoms with Gasteiger partial charge in [-0.3, -0.25) is 4.98 Å². The predicted octanol–water partition coefficient (Wildman–Crippen LogP) is 5.73. The lowest BCUT2D eigenvalue weighted by Gasteiger charge is -2.03. The fourth-order valence-corrected chi connectivity index (χ4v) is 3.00. The van der Waals surface area contributed by atoms with Gasteiger partial charge >= 0.3 is 0 Å². The normalized spacial score (nSPS) is 12.7. The molecule has 0 fully saturated rings. The van der Waals surface area contributed by atoms with Gasteiger partial charge in [-0.1, -0.05) is 32.9 Å². The van der Waals surface area contributed by atoms with Gasteiger partial charge < -0.3 is 4.42 Å². The third-order valence-corrected chi connectivity index (χ3v) is 4.39. The molecular formula is C21H20N2O. The number of fused-ring (bicyclic) bond motifs is 3. The molecule has 0 radical (unpaired) electrons. The third-order valence-electron chi connectivity index (χ3n) is 4.39. The molecule has 4 rings (SSSR count). The van der Waals surface area contributed by atoms with E-state index in [1.807, 2.05) is 56.4 Å². The van der Waals surface area contributed by atoms with Crippen LogP contribution >= 0.6 is 0 Å². The Morgan fingerprint density at radius 1 is 1.12 bits per heavy atom. The number of pyridine rings is 2. The molecule has 3 aromatic heterocycles. The van der Waals surface area contributed by atoms with Crippen LogP contribution in [-0.4, -0.2) is 9.97 Å². The maximum atomic E-state index is 8.19. The van der Waals surface area contributed by atoms with Crippen molar-refractivity contribution < 1.29 is 5.79 Å². The van der Waals surface area contributed by atoms with Crippen molar-refractivity contribution in [3.8, 4) is 11.3 Å². The van der Waals surface area contributed by atoms with Crippen LogP contribution in [0.25, 0.3) is 33.3 Å². The van der Waals surface area contributed by atoms with Crippen molar-refractivity contribution in [3.63, 3.8) is 0 Å². The molecular weight excluding hydrogens is 296 g/mol. The number of benzene rings is 1. The summed E-state index contributed by atoms with van der Waals surface area (Å²) in [5.74, 6) is -0.757. The maximum absolute atomic E-state index is 8.19. The highest BCUT2D eigenvalue weighted by molar-refractivity contribution is 6.08. The van der Waals surface area contributed by atoms with Crippen molar-refractivity contribution in [3.05, 3.63) is 59.9 Å². The third kappa shape index (κ3) is 2.37. The van der Waals surface area contributed by atoms with Crippen LogP contribution in [0, 0.1) is 0 Å². The van der Waals surface area contributed by atoms with Crippen LogP contribution in [0.2, 0.25) is 0 Å². The molecule has 0 unspecified atom stereocenters. The zero-order chi connectivity index (χ0) is 17.6. The molecule has 0 N–H and O–H groups in total. The Morgan fingerprint density at radius 3 is 2.79 bits per heavy atom. The van der Waals surface area contributed by atoms with Crippen LogP contribution in [0.1, 0.15) is 39.3 Å². The molecule has 3 nitrogen and oxygen atoms in total. The van der Waals surface area contributed by atoms with Crippen LogP contribution in [0.3, 0.4) is 0 Å².